The van der Waals surface area contributed by atoms with Gasteiger partial charge in [0.15, 0.2) is 0 Å². The van der Waals surface area contributed by atoms with Gasteiger partial charge in [0.25, 0.3) is 0 Å². The van der Waals surface area contributed by atoms with E-state index in [2.05, 4.69) is 79.8 Å². The van der Waals surface area contributed by atoms with Crippen LogP contribution in [0, 0.1) is 7.11 Å². The third-order valence-electron chi connectivity index (χ3n) is 0. The molecular weight excluding hydrogens is 313 g/mol. The van der Waals surface area contributed by atoms with Crippen molar-refractivity contribution in [3.8, 4) is 0 Å². The second kappa shape index (κ2) is 29.2. The van der Waals surface area contributed by atoms with Crippen LogP contribution in [0.3, 0.4) is 0 Å². The summed E-state index contributed by atoms with van der Waals surface area (Å²) < 4.78 is 4.00. The van der Waals surface area contributed by atoms with Gasteiger partial charge >= 0.3 is 27.9 Å². The third kappa shape index (κ3) is 596. The van der Waals surface area contributed by atoms with Crippen LogP contribution in [0.4, 0.5) is 0 Å². The molecule has 0 N–H and O–H groups in total. The molecule has 0 saturated carbocycles. The van der Waals surface area contributed by atoms with E-state index in [0.717, 1.165) is 0 Å². The first kappa shape index (κ1) is 24.2. The van der Waals surface area contributed by atoms with Crippen molar-refractivity contribution in [2.75, 3.05) is 47.1 Å². The molecular formula is C8H23BrNiOP2-. The summed E-state index contributed by atoms with van der Waals surface area (Å²) in [5, 5.41) is 0. The molecule has 0 unspecified atom stereocenters. The monoisotopic (exact) mass is 334 g/mol. The zero-order chi connectivity index (χ0) is 11.9. The summed E-state index contributed by atoms with van der Waals surface area (Å²) in [6, 6.07) is 0. The van der Waals surface area contributed by atoms with E-state index in [1.165, 1.54) is 7.11 Å². The Morgan fingerprint density at radius 2 is 0.923 bits per heavy atom. The molecule has 0 spiro atoms. The van der Waals surface area contributed by atoms with Crippen molar-refractivity contribution >= 4 is 30.1 Å². The van der Waals surface area contributed by atoms with Gasteiger partial charge in [0, 0.05) is 0 Å². The molecule has 0 atom stereocenters. The summed E-state index contributed by atoms with van der Waals surface area (Å²) in [6.45, 7) is 13.4. The van der Waals surface area contributed by atoms with E-state index in [9.17, 15) is 0 Å². The van der Waals surface area contributed by atoms with Gasteiger partial charge in [0.1, 0.15) is 0 Å². The van der Waals surface area contributed by atoms with Crippen LogP contribution in [0.2, 0.25) is 0 Å². The Balaban J connectivity index is -0.0000000431. The molecule has 0 aliphatic rings. The fraction of sp³-hybridized carbons (Fsp3) is 0.875. The normalized spacial score (nSPS) is 7.46. The molecule has 0 aromatic carbocycles. The van der Waals surface area contributed by atoms with Crippen LogP contribution in [0.25, 0.3) is 0 Å². The second-order valence-corrected chi connectivity index (χ2v) is 8.34. The van der Waals surface area contributed by atoms with Crippen molar-refractivity contribution in [2.45, 2.75) is 0 Å². The molecule has 1 nitrogen and oxygen atoms in total. The number of rotatable bonds is 0. The summed E-state index contributed by atoms with van der Waals surface area (Å²) in [6.07, 6.45) is 0. The standard InChI is InChI=1S/2C3H9P.C2H5O.BrH.Ni/c2*1-4(2)3;1-3-2;;/h2*1-3H3;1H2,2H3;1H;/q;;-1;;+1/p-1. The van der Waals surface area contributed by atoms with Gasteiger partial charge in [-0.1, -0.05) is 0 Å². The van der Waals surface area contributed by atoms with E-state index in [-0.39, 0.29) is 0 Å². The fourth-order valence-electron chi connectivity index (χ4n) is 0. The van der Waals surface area contributed by atoms with Crippen molar-refractivity contribution in [1.29, 1.82) is 0 Å². The first-order valence-electron chi connectivity index (χ1n) is 3.50. The summed E-state index contributed by atoms with van der Waals surface area (Å²) in [5.74, 6) is 0. The number of methoxy groups -OCH3 is 1. The summed E-state index contributed by atoms with van der Waals surface area (Å²) >= 11 is 6.25. The van der Waals surface area contributed by atoms with Crippen LogP contribution in [0.1, 0.15) is 0 Å². The van der Waals surface area contributed by atoms with Crippen LogP contribution < -0.4 is 0 Å². The minimum atomic E-state index is 0.380. The molecule has 0 aliphatic carbocycles. The SMILES string of the molecule is CP(C)C.CP(C)C.[CH2-]OC.[Ni][Br]. The maximum atomic E-state index is 4.00. The molecule has 0 heterocycles. The Labute approximate surface area is 102 Å². The maximum absolute atomic E-state index is 4.00. The quantitative estimate of drug-likeness (QED) is 0.369. The van der Waals surface area contributed by atoms with Gasteiger partial charge in [-0.3, -0.25) is 0 Å². The summed E-state index contributed by atoms with van der Waals surface area (Å²) in [7, 11) is 5.26. The van der Waals surface area contributed by atoms with Crippen molar-refractivity contribution in [2.24, 2.45) is 0 Å². The number of hydrogen-bond donors (Lipinski definition) is 0. The predicted molar refractivity (Wildman–Crippen MR) is 70.7 cm³/mol. The summed E-state index contributed by atoms with van der Waals surface area (Å²) in [4.78, 5) is 0. The molecule has 0 radical (unpaired) electrons. The van der Waals surface area contributed by atoms with E-state index in [4.69, 9.17) is 0 Å². The van der Waals surface area contributed by atoms with Crippen LogP contribution >= 0.6 is 30.1 Å². The molecule has 0 amide bonds. The van der Waals surface area contributed by atoms with Gasteiger partial charge in [0.05, 0.1) is 0 Å². The molecule has 0 fully saturated rings. The Kier molecular flexibility index (Phi) is 54.3. The molecule has 0 aromatic rings. The molecule has 0 rings (SSSR count). The van der Waals surface area contributed by atoms with Crippen molar-refractivity contribution < 1.29 is 18.4 Å². The van der Waals surface area contributed by atoms with Crippen molar-refractivity contribution in [1.82, 2.24) is 0 Å². The molecule has 13 heavy (non-hydrogen) atoms. The van der Waals surface area contributed by atoms with Crippen LogP contribution in [-0.4, -0.2) is 47.1 Å². The van der Waals surface area contributed by atoms with Crippen LogP contribution in [0.15, 0.2) is 0 Å². The van der Waals surface area contributed by atoms with Gasteiger partial charge in [-0.25, -0.2) is 7.11 Å². The van der Waals surface area contributed by atoms with E-state index in [1.54, 1.807) is 0 Å². The van der Waals surface area contributed by atoms with Gasteiger partial charge < -0.3 is 4.74 Å². The molecule has 0 aromatic heterocycles. The van der Waals surface area contributed by atoms with Gasteiger partial charge in [0.2, 0.25) is 0 Å². The third-order valence-corrected chi connectivity index (χ3v) is 0. The first-order valence-corrected chi connectivity index (χ1v) is 11.3. The molecule has 89 valence electrons. The van der Waals surface area contributed by atoms with E-state index in [0.29, 0.717) is 15.8 Å². The first-order chi connectivity index (χ1) is 5.88. The Bertz CT molecular complexity index is 45.9. The minimum absolute atomic E-state index is 0.380. The molecule has 0 saturated heterocycles. The topological polar surface area (TPSA) is 9.23 Å². The Morgan fingerprint density at radius 1 is 0.923 bits per heavy atom. The molecule has 5 heteroatoms. The molecule has 0 bridgehead atoms. The average molecular weight is 336 g/mol. The zero-order valence-electron chi connectivity index (χ0n) is 9.70. The number of hydrogen-bond acceptors (Lipinski definition) is 1. The van der Waals surface area contributed by atoms with Crippen LogP contribution in [-0.2, 0) is 18.4 Å². The average Bonchev–Trinajstić information content (AvgIpc) is 1.89. The fourth-order valence-corrected chi connectivity index (χ4v) is 0. The number of ether oxygens (including phenoxy) is 1. The van der Waals surface area contributed by atoms with Gasteiger partial charge in [-0.05, 0) is 47.1 Å². The Hall–Kier alpha value is 1.79. The van der Waals surface area contributed by atoms with E-state index >= 15 is 0 Å². The summed E-state index contributed by atoms with van der Waals surface area (Å²) in [5.41, 5.74) is 0. The Morgan fingerprint density at radius 3 is 0.923 bits per heavy atom. The second-order valence-electron chi connectivity index (χ2n) is 2.97. The van der Waals surface area contributed by atoms with Crippen molar-refractivity contribution in [3.63, 3.8) is 0 Å². The zero-order valence-corrected chi connectivity index (χ0v) is 14.1. The van der Waals surface area contributed by atoms with Crippen molar-refractivity contribution in [3.05, 3.63) is 7.11 Å². The predicted octanol–water partition coefficient (Wildman–Crippen LogP) is 3.98. The van der Waals surface area contributed by atoms with Gasteiger partial charge in [-0.15, -0.1) is 15.8 Å². The van der Waals surface area contributed by atoms with Crippen LogP contribution in [0.5, 0.6) is 0 Å². The van der Waals surface area contributed by atoms with E-state index in [1.807, 2.05) is 0 Å². The van der Waals surface area contributed by atoms with E-state index < -0.39 is 0 Å². The molecule has 0 aliphatic heterocycles. The van der Waals surface area contributed by atoms with Gasteiger partial charge in [-0.2, -0.15) is 0 Å². The number of halogens is 1.